The van der Waals surface area contributed by atoms with Gasteiger partial charge in [-0.3, -0.25) is 9.59 Å². The number of rotatable bonds is 9. The van der Waals surface area contributed by atoms with Gasteiger partial charge >= 0.3 is 17.8 Å². The molecule has 2 aromatic carbocycles. The van der Waals surface area contributed by atoms with E-state index in [4.69, 9.17) is 14.2 Å². The number of hydrogen-bond donors (Lipinski definition) is 2. The predicted octanol–water partition coefficient (Wildman–Crippen LogP) is 5.01. The van der Waals surface area contributed by atoms with Crippen molar-refractivity contribution >= 4 is 39.8 Å². The number of hydrogen-bond acceptors (Lipinski definition) is 8. The molecule has 2 amide bonds. The number of esters is 1. The summed E-state index contributed by atoms with van der Waals surface area (Å²) < 4.78 is 30.2. The average molecular weight is 568 g/mol. The van der Waals surface area contributed by atoms with Crippen molar-refractivity contribution in [1.29, 1.82) is 0 Å². The molecule has 9 nitrogen and oxygen atoms in total. The van der Waals surface area contributed by atoms with Gasteiger partial charge in [-0.15, -0.1) is 11.3 Å². The summed E-state index contributed by atoms with van der Waals surface area (Å²) in [5, 5.41) is 6.91. The van der Waals surface area contributed by atoms with Gasteiger partial charge in [-0.05, 0) is 69.4 Å². The van der Waals surface area contributed by atoms with Crippen LogP contribution >= 0.6 is 11.3 Å². The van der Waals surface area contributed by atoms with Crippen LogP contribution in [0, 0.1) is 5.82 Å². The predicted molar refractivity (Wildman–Crippen MR) is 150 cm³/mol. The summed E-state index contributed by atoms with van der Waals surface area (Å²) in [6, 6.07) is 11.3. The maximum atomic E-state index is 13.9. The number of nitrogens with one attached hydrogen (secondary N) is 2. The molecule has 1 aliphatic rings. The lowest BCUT2D eigenvalue weighted by molar-refractivity contribution is -0.136. The highest BCUT2D eigenvalue weighted by molar-refractivity contribution is 7.17. The summed E-state index contributed by atoms with van der Waals surface area (Å²) in [5.74, 6) is -2.02. The number of carbonyl (C=O) groups excluding carboxylic acids is 3. The number of ether oxygens (including phenoxy) is 3. The van der Waals surface area contributed by atoms with Crippen molar-refractivity contribution in [3.8, 4) is 11.5 Å². The summed E-state index contributed by atoms with van der Waals surface area (Å²) in [6.07, 6.45) is 3.49. The van der Waals surface area contributed by atoms with E-state index in [9.17, 15) is 18.8 Å². The fourth-order valence-electron chi connectivity index (χ4n) is 4.27. The van der Waals surface area contributed by atoms with Gasteiger partial charge in [-0.25, -0.2) is 14.6 Å². The maximum Gasteiger partial charge on any atom is 0.341 e. The molecule has 1 aromatic heterocycles. The van der Waals surface area contributed by atoms with E-state index >= 15 is 0 Å². The number of hydrazone groups is 1. The maximum absolute atomic E-state index is 13.9. The molecule has 0 fully saturated rings. The monoisotopic (exact) mass is 567 g/mol. The van der Waals surface area contributed by atoms with E-state index in [0.717, 1.165) is 36.1 Å². The first kappa shape index (κ1) is 28.8. The van der Waals surface area contributed by atoms with Crippen molar-refractivity contribution in [3.63, 3.8) is 0 Å². The van der Waals surface area contributed by atoms with Crippen LogP contribution in [0.2, 0.25) is 0 Å². The third-order valence-electron chi connectivity index (χ3n) is 6.33. The summed E-state index contributed by atoms with van der Waals surface area (Å²) in [4.78, 5) is 38.8. The minimum Gasteiger partial charge on any atom is -0.493 e. The molecule has 0 spiro atoms. The molecule has 210 valence electrons. The van der Waals surface area contributed by atoms with Gasteiger partial charge in [0, 0.05) is 16.0 Å². The molecule has 3 aromatic rings. The van der Waals surface area contributed by atoms with Crippen LogP contribution in [0.5, 0.6) is 11.5 Å². The number of methoxy groups -OCH3 is 1. The zero-order valence-corrected chi connectivity index (χ0v) is 23.3. The molecule has 0 unspecified atom stereocenters. The second-order valence-electron chi connectivity index (χ2n) is 8.97. The van der Waals surface area contributed by atoms with Crippen LogP contribution in [0.25, 0.3) is 0 Å². The van der Waals surface area contributed by atoms with E-state index in [1.807, 2.05) is 0 Å². The Bertz CT molecular complexity index is 1450. The van der Waals surface area contributed by atoms with E-state index in [-0.39, 0.29) is 19.0 Å². The molecule has 11 heteroatoms. The first-order valence-corrected chi connectivity index (χ1v) is 13.7. The van der Waals surface area contributed by atoms with E-state index in [1.165, 1.54) is 24.5 Å². The average Bonchev–Trinajstić information content (AvgIpc) is 3.33. The molecular formula is C29H30FN3O6S. The number of carbonyl (C=O) groups is 3. The molecular weight excluding hydrogens is 537 g/mol. The van der Waals surface area contributed by atoms with Gasteiger partial charge in [-0.2, -0.15) is 5.10 Å². The zero-order valence-electron chi connectivity index (χ0n) is 22.5. The van der Waals surface area contributed by atoms with E-state index in [1.54, 1.807) is 50.2 Å². The third-order valence-corrected chi connectivity index (χ3v) is 7.54. The minimum atomic E-state index is -0.989. The Labute approximate surface area is 235 Å². The summed E-state index contributed by atoms with van der Waals surface area (Å²) in [7, 11) is 1.47. The second-order valence-corrected chi connectivity index (χ2v) is 10.1. The van der Waals surface area contributed by atoms with Crippen LogP contribution in [0.15, 0.2) is 47.6 Å². The summed E-state index contributed by atoms with van der Waals surface area (Å²) >= 11 is 1.30. The van der Waals surface area contributed by atoms with E-state index in [2.05, 4.69) is 15.8 Å². The van der Waals surface area contributed by atoms with Crippen molar-refractivity contribution < 1.29 is 33.0 Å². The van der Waals surface area contributed by atoms with Crippen molar-refractivity contribution in [1.82, 2.24) is 5.43 Å². The van der Waals surface area contributed by atoms with Gasteiger partial charge in [0.15, 0.2) is 11.5 Å². The Balaban J connectivity index is 1.42. The molecule has 0 saturated heterocycles. The van der Waals surface area contributed by atoms with Crippen molar-refractivity contribution in [2.45, 2.75) is 46.1 Å². The normalized spacial score (nSPS) is 12.8. The van der Waals surface area contributed by atoms with Crippen LogP contribution in [-0.4, -0.2) is 37.2 Å². The van der Waals surface area contributed by atoms with Crippen LogP contribution in [0.4, 0.5) is 9.39 Å². The first-order valence-electron chi connectivity index (χ1n) is 12.8. The lowest BCUT2D eigenvalue weighted by Crippen LogP contribution is -2.33. The van der Waals surface area contributed by atoms with Gasteiger partial charge in [0.25, 0.3) is 0 Å². The van der Waals surface area contributed by atoms with Gasteiger partial charge < -0.3 is 19.5 Å². The minimum absolute atomic E-state index is 0.0196. The Morgan fingerprint density at radius 1 is 1.05 bits per heavy atom. The number of amides is 2. The molecule has 2 N–H and O–H groups in total. The molecule has 0 atom stereocenters. The Hall–Kier alpha value is -4.25. The summed E-state index contributed by atoms with van der Waals surface area (Å²) in [6.45, 7) is 3.59. The summed E-state index contributed by atoms with van der Waals surface area (Å²) in [5.41, 5.74) is 4.87. The van der Waals surface area contributed by atoms with Crippen LogP contribution in [-0.2, 0) is 33.8 Å². The molecule has 0 aliphatic heterocycles. The second kappa shape index (κ2) is 13.2. The number of halogens is 1. The fourth-order valence-corrected chi connectivity index (χ4v) is 5.54. The number of benzene rings is 2. The zero-order chi connectivity index (χ0) is 28.6. The van der Waals surface area contributed by atoms with E-state index < -0.39 is 17.8 Å². The van der Waals surface area contributed by atoms with Crippen LogP contribution in [0.3, 0.4) is 0 Å². The molecule has 1 aliphatic carbocycles. The quantitative estimate of drug-likeness (QED) is 0.163. The first-order chi connectivity index (χ1) is 19.3. The number of anilines is 1. The highest BCUT2D eigenvalue weighted by Crippen LogP contribution is 2.38. The fraction of sp³-hybridized carbons (Fsp3) is 0.310. The molecule has 0 bridgehead atoms. The molecule has 1 heterocycles. The smallest absolute Gasteiger partial charge is 0.341 e. The van der Waals surface area contributed by atoms with Crippen LogP contribution in [0.1, 0.15) is 58.6 Å². The van der Waals surface area contributed by atoms with Crippen LogP contribution < -0.4 is 20.2 Å². The highest BCUT2D eigenvalue weighted by atomic mass is 32.1. The number of thiophene rings is 1. The van der Waals surface area contributed by atoms with Crippen molar-refractivity contribution in [3.05, 3.63) is 75.4 Å². The van der Waals surface area contributed by atoms with Gasteiger partial charge in [0.1, 0.15) is 17.4 Å². The SMILES string of the molecule is CCOC(=O)c1c(NC(=O)C(=O)NN=C(C)c2ccc(OCc3ccccc3F)c(OC)c2)sc2c1CCCC2. The van der Waals surface area contributed by atoms with Crippen molar-refractivity contribution in [2.75, 3.05) is 19.0 Å². The molecule has 40 heavy (non-hydrogen) atoms. The largest absolute Gasteiger partial charge is 0.493 e. The Morgan fingerprint density at radius 3 is 2.58 bits per heavy atom. The lowest BCUT2D eigenvalue weighted by Gasteiger charge is -2.13. The number of aryl methyl sites for hydroxylation is 1. The molecule has 0 radical (unpaired) electrons. The Kier molecular flexibility index (Phi) is 9.49. The lowest BCUT2D eigenvalue weighted by atomic mass is 9.95. The third kappa shape index (κ3) is 6.66. The van der Waals surface area contributed by atoms with Gasteiger partial charge in [0.2, 0.25) is 0 Å². The number of nitrogens with zero attached hydrogens (tertiary/aromatic N) is 1. The topological polar surface area (TPSA) is 115 Å². The molecule has 4 rings (SSSR count). The number of fused-ring (bicyclic) bond motifs is 1. The highest BCUT2D eigenvalue weighted by Gasteiger charge is 2.28. The van der Waals surface area contributed by atoms with Gasteiger partial charge in [-0.1, -0.05) is 18.2 Å². The standard InChI is InChI=1S/C29H30FN3O6S/c1-4-38-29(36)25-20-10-6-8-12-24(20)40-28(25)31-26(34)27(35)33-32-17(2)18-13-14-22(23(15-18)37-3)39-16-19-9-5-7-11-21(19)30/h5,7,9,11,13-15H,4,6,8,10,12,16H2,1-3H3,(H,31,34)(H,33,35). The van der Waals surface area contributed by atoms with Crippen molar-refractivity contribution in [2.24, 2.45) is 5.10 Å². The molecule has 0 saturated carbocycles. The van der Waals surface area contributed by atoms with E-state index in [0.29, 0.717) is 38.9 Å². The van der Waals surface area contributed by atoms with Gasteiger partial charge in [0.05, 0.1) is 25.0 Å². The Morgan fingerprint density at radius 2 is 1.82 bits per heavy atom.